The number of amides is 2. The number of hydrogen-bond acceptors (Lipinski definition) is 9. The van der Waals surface area contributed by atoms with E-state index in [2.05, 4.69) is 16.0 Å². The Hall–Kier alpha value is -4.89. The smallest absolute Gasteiger partial charge is 0.351 e. The molecule has 2 aromatic carbocycles. The molecule has 0 spiro atoms. The van der Waals surface area contributed by atoms with Crippen LogP contribution in [0.3, 0.4) is 0 Å². The van der Waals surface area contributed by atoms with E-state index in [9.17, 15) is 24.4 Å². The maximum atomic E-state index is 12.8. The van der Waals surface area contributed by atoms with Gasteiger partial charge in [0.25, 0.3) is 5.56 Å². The number of rotatable bonds is 11. The lowest BCUT2D eigenvalue weighted by Gasteiger charge is -2.09. The Morgan fingerprint density at radius 2 is 1.56 bits per heavy atom. The summed E-state index contributed by atoms with van der Waals surface area (Å²) in [4.78, 5) is 48.3. The first-order valence-corrected chi connectivity index (χ1v) is 13.8. The molecule has 12 heteroatoms. The molecule has 0 radical (unpaired) electrons. The number of nitrogens with one attached hydrogen (secondary N) is 3. The molecule has 11 nitrogen and oxygen atoms in total. The first kappa shape index (κ1) is 30.6. The van der Waals surface area contributed by atoms with Crippen molar-refractivity contribution in [3.63, 3.8) is 0 Å². The Balaban J connectivity index is 1.65. The van der Waals surface area contributed by atoms with Crippen LogP contribution < -0.4 is 30.7 Å². The molecule has 2 amide bonds. The number of esters is 2. The second kappa shape index (κ2) is 15.0. The molecular weight excluding hydrogens is 546 g/mol. The third kappa shape index (κ3) is 8.55. The lowest BCUT2D eigenvalue weighted by molar-refractivity contribution is -0.141. The fourth-order valence-electron chi connectivity index (χ4n) is 3.73. The SMILES string of the molecule is CCOC(=O)CNC(=O)Nc1ccc(Cc2ccc(NC=c3sc(=C(C#N)C(=O)OCC)n(CC)c3=O)cc2)cc1. The Kier molecular flexibility index (Phi) is 11.2. The van der Waals surface area contributed by atoms with Crippen molar-refractivity contribution >= 4 is 52.5 Å². The number of benzene rings is 2. The van der Waals surface area contributed by atoms with Crippen molar-refractivity contribution in [2.45, 2.75) is 33.7 Å². The minimum atomic E-state index is -0.754. The molecule has 3 rings (SSSR count). The molecule has 0 bridgehead atoms. The van der Waals surface area contributed by atoms with E-state index >= 15 is 0 Å². The van der Waals surface area contributed by atoms with Gasteiger partial charge in [0.2, 0.25) is 0 Å². The maximum Gasteiger partial charge on any atom is 0.351 e. The number of anilines is 2. The number of aromatic nitrogens is 1. The molecule has 3 N–H and O–H groups in total. The van der Waals surface area contributed by atoms with Gasteiger partial charge < -0.3 is 25.4 Å². The lowest BCUT2D eigenvalue weighted by Crippen LogP contribution is -2.34. The Bertz CT molecular complexity index is 1600. The molecular formula is C29H31N5O6S. The number of ether oxygens (including phenoxy) is 2. The van der Waals surface area contributed by atoms with Gasteiger partial charge in [-0.3, -0.25) is 14.2 Å². The number of carbonyl (C=O) groups is 3. The van der Waals surface area contributed by atoms with Crippen LogP contribution in [0.4, 0.5) is 16.2 Å². The second-order valence-electron chi connectivity index (χ2n) is 8.50. The predicted molar refractivity (Wildman–Crippen MR) is 157 cm³/mol. The maximum absolute atomic E-state index is 12.8. The van der Waals surface area contributed by atoms with Crippen molar-refractivity contribution in [3.05, 3.63) is 79.2 Å². The minimum Gasteiger partial charge on any atom is -0.465 e. The van der Waals surface area contributed by atoms with E-state index < -0.39 is 18.0 Å². The molecule has 0 aliphatic carbocycles. The molecule has 214 valence electrons. The van der Waals surface area contributed by atoms with Crippen molar-refractivity contribution in [2.75, 3.05) is 30.4 Å². The van der Waals surface area contributed by atoms with Gasteiger partial charge in [-0.2, -0.15) is 5.26 Å². The zero-order chi connectivity index (χ0) is 29.8. The van der Waals surface area contributed by atoms with Gasteiger partial charge in [0.05, 0.1) is 13.2 Å². The lowest BCUT2D eigenvalue weighted by atomic mass is 10.0. The van der Waals surface area contributed by atoms with Crippen LogP contribution in [0, 0.1) is 11.3 Å². The Morgan fingerprint density at radius 1 is 0.951 bits per heavy atom. The van der Waals surface area contributed by atoms with Crippen LogP contribution in [0.5, 0.6) is 0 Å². The Morgan fingerprint density at radius 3 is 2.12 bits per heavy atom. The van der Waals surface area contributed by atoms with Crippen molar-refractivity contribution in [1.82, 2.24) is 9.88 Å². The fourth-order valence-corrected chi connectivity index (χ4v) is 4.80. The van der Waals surface area contributed by atoms with Gasteiger partial charge in [-0.1, -0.05) is 24.3 Å². The van der Waals surface area contributed by atoms with Crippen LogP contribution >= 0.6 is 11.3 Å². The van der Waals surface area contributed by atoms with E-state index in [1.54, 1.807) is 39.1 Å². The molecule has 0 saturated carbocycles. The topological polar surface area (TPSA) is 152 Å². The molecule has 1 heterocycles. The van der Waals surface area contributed by atoms with E-state index in [1.165, 1.54) is 4.57 Å². The number of thiazole rings is 1. The van der Waals surface area contributed by atoms with Gasteiger partial charge in [0, 0.05) is 24.1 Å². The molecule has 0 atom stereocenters. The normalized spacial score (nSPS) is 11.7. The van der Waals surface area contributed by atoms with E-state index in [0.717, 1.165) is 28.2 Å². The molecule has 0 aliphatic heterocycles. The minimum absolute atomic E-state index is 0.128. The zero-order valence-electron chi connectivity index (χ0n) is 23.0. The van der Waals surface area contributed by atoms with Crippen LogP contribution in [-0.2, 0) is 32.0 Å². The number of carbonyl (C=O) groups excluding carboxylic acids is 3. The summed E-state index contributed by atoms with van der Waals surface area (Å²) in [5, 5.41) is 17.7. The second-order valence-corrected chi connectivity index (χ2v) is 9.53. The predicted octanol–water partition coefficient (Wildman–Crippen LogP) is 2.29. The van der Waals surface area contributed by atoms with E-state index in [-0.39, 0.29) is 35.6 Å². The quantitative estimate of drug-likeness (QED) is 0.294. The van der Waals surface area contributed by atoms with Crippen molar-refractivity contribution in [1.29, 1.82) is 5.26 Å². The van der Waals surface area contributed by atoms with Crippen molar-refractivity contribution < 1.29 is 23.9 Å². The third-order valence-electron chi connectivity index (χ3n) is 5.67. The molecule has 41 heavy (non-hydrogen) atoms. The third-order valence-corrected chi connectivity index (χ3v) is 6.80. The summed E-state index contributed by atoms with van der Waals surface area (Å²) in [6.45, 7) is 5.59. The van der Waals surface area contributed by atoms with Crippen LogP contribution in [0.25, 0.3) is 11.8 Å². The summed E-state index contributed by atoms with van der Waals surface area (Å²) < 4.78 is 11.7. The van der Waals surface area contributed by atoms with Crippen LogP contribution in [0.1, 0.15) is 31.9 Å². The highest BCUT2D eigenvalue weighted by molar-refractivity contribution is 7.07. The number of nitrogens with zero attached hydrogens (tertiary/aromatic N) is 2. The highest BCUT2D eigenvalue weighted by Gasteiger charge is 2.16. The van der Waals surface area contributed by atoms with Crippen LogP contribution in [-0.4, -0.2) is 42.3 Å². The average Bonchev–Trinajstić information content (AvgIpc) is 3.27. The fraction of sp³-hybridized carbons (Fsp3) is 0.276. The Labute approximate surface area is 240 Å². The van der Waals surface area contributed by atoms with Gasteiger partial charge in [-0.05, 0) is 62.6 Å². The summed E-state index contributed by atoms with van der Waals surface area (Å²) in [7, 11) is 0. The van der Waals surface area contributed by atoms with E-state index in [1.807, 2.05) is 42.5 Å². The molecule has 1 aromatic heterocycles. The molecule has 3 aromatic rings. The zero-order valence-corrected chi connectivity index (χ0v) is 23.8. The first-order valence-electron chi connectivity index (χ1n) is 13.0. The van der Waals surface area contributed by atoms with E-state index in [0.29, 0.717) is 23.2 Å². The first-order chi connectivity index (χ1) is 19.8. The monoisotopic (exact) mass is 577 g/mol. The summed E-state index contributed by atoms with van der Waals surface area (Å²) >= 11 is 1.05. The van der Waals surface area contributed by atoms with Gasteiger partial charge in [-0.25, -0.2) is 9.59 Å². The standard InChI is InChI=1S/C29H31N5O6S/c1-4-34-26(36)24(41-27(34)23(16-30)28(37)40-6-3)17-31-21-11-7-19(8-12-21)15-20-9-13-22(14-10-20)33-29(38)32-18-25(35)39-5-2/h7-14,17,31H,4-6,15,18H2,1-3H3,(H2,32,33,38). The van der Waals surface area contributed by atoms with Crippen molar-refractivity contribution in [2.24, 2.45) is 0 Å². The molecule has 0 fully saturated rings. The van der Waals surface area contributed by atoms with Crippen molar-refractivity contribution in [3.8, 4) is 6.07 Å². The van der Waals surface area contributed by atoms with Crippen LogP contribution in [0.15, 0.2) is 53.3 Å². The highest BCUT2D eigenvalue weighted by atomic mass is 32.1. The largest absolute Gasteiger partial charge is 0.465 e. The van der Waals surface area contributed by atoms with Gasteiger partial charge in [0.15, 0.2) is 5.57 Å². The average molecular weight is 578 g/mol. The number of nitriles is 1. The molecule has 0 saturated heterocycles. The summed E-state index contributed by atoms with van der Waals surface area (Å²) in [6, 6.07) is 16.4. The summed E-state index contributed by atoms with van der Waals surface area (Å²) in [5.74, 6) is -1.26. The van der Waals surface area contributed by atoms with Gasteiger partial charge >= 0.3 is 18.0 Å². The van der Waals surface area contributed by atoms with Gasteiger partial charge in [0.1, 0.15) is 21.8 Å². The summed E-state index contributed by atoms with van der Waals surface area (Å²) in [5.41, 5.74) is 2.94. The van der Waals surface area contributed by atoms with E-state index in [4.69, 9.17) is 9.47 Å². The molecule has 0 unspecified atom stereocenters. The van der Waals surface area contributed by atoms with Crippen LogP contribution in [0.2, 0.25) is 0 Å². The number of hydrogen-bond donors (Lipinski definition) is 3. The number of urea groups is 1. The molecule has 0 aliphatic rings. The highest BCUT2D eigenvalue weighted by Crippen LogP contribution is 2.16. The van der Waals surface area contributed by atoms with Gasteiger partial charge in [-0.15, -0.1) is 11.3 Å². The summed E-state index contributed by atoms with van der Waals surface area (Å²) in [6.07, 6.45) is 2.22.